The summed E-state index contributed by atoms with van der Waals surface area (Å²) < 4.78 is 0. The van der Waals surface area contributed by atoms with Crippen molar-refractivity contribution in [1.82, 2.24) is 5.32 Å². The first-order valence-corrected chi connectivity index (χ1v) is 5.51. The van der Waals surface area contributed by atoms with Gasteiger partial charge >= 0.3 is 11.9 Å². The highest BCUT2D eigenvalue weighted by atomic mass is 16.4. The molecule has 0 unspecified atom stereocenters. The first-order valence-electron chi connectivity index (χ1n) is 5.51. The van der Waals surface area contributed by atoms with Crippen LogP contribution in [0.4, 0.5) is 0 Å². The number of benzene rings is 1. The Morgan fingerprint density at radius 1 is 1.06 bits per heavy atom. The quantitative estimate of drug-likeness (QED) is 0.682. The summed E-state index contributed by atoms with van der Waals surface area (Å²) in [5, 5.41) is 19.0. The lowest BCUT2D eigenvalue weighted by Crippen LogP contribution is -2.23. The van der Waals surface area contributed by atoms with Crippen LogP contribution in [0.1, 0.15) is 11.1 Å². The fourth-order valence-electron chi connectivity index (χ4n) is 1.56. The lowest BCUT2D eigenvalue weighted by atomic mass is 10.0. The van der Waals surface area contributed by atoms with E-state index in [1.807, 2.05) is 0 Å². The molecule has 3 N–H and O–H groups in total. The first kappa shape index (κ1) is 13.9. The van der Waals surface area contributed by atoms with Crippen molar-refractivity contribution >= 4 is 11.9 Å². The molecule has 18 heavy (non-hydrogen) atoms. The number of hydrogen-bond donors (Lipinski definition) is 3. The molecule has 5 heteroatoms. The van der Waals surface area contributed by atoms with E-state index in [2.05, 4.69) is 29.6 Å². The van der Waals surface area contributed by atoms with Crippen molar-refractivity contribution in [2.45, 2.75) is 13.0 Å². The molecule has 0 amide bonds. The molecule has 5 nitrogen and oxygen atoms in total. The minimum atomic E-state index is -1.26. The molecule has 0 fully saturated rings. The van der Waals surface area contributed by atoms with Crippen LogP contribution in [0.15, 0.2) is 36.4 Å². The van der Waals surface area contributed by atoms with Crippen molar-refractivity contribution in [1.29, 1.82) is 0 Å². The van der Waals surface area contributed by atoms with E-state index < -0.39 is 11.9 Å². The molecule has 2 rings (SSSR count). The molecule has 1 heterocycles. The van der Waals surface area contributed by atoms with E-state index in [0.717, 1.165) is 13.1 Å². The third-order valence-electron chi connectivity index (χ3n) is 2.37. The third-order valence-corrected chi connectivity index (χ3v) is 2.37. The van der Waals surface area contributed by atoms with Gasteiger partial charge in [0.2, 0.25) is 0 Å². The van der Waals surface area contributed by atoms with Gasteiger partial charge in [0.15, 0.2) is 0 Å². The number of nitrogens with one attached hydrogen (secondary N) is 1. The van der Waals surface area contributed by atoms with Crippen molar-refractivity contribution in [2.24, 2.45) is 0 Å². The predicted octanol–water partition coefficient (Wildman–Crippen LogP) is 1.04. The molecule has 1 aromatic carbocycles. The van der Waals surface area contributed by atoms with Crippen molar-refractivity contribution in [3.8, 4) is 0 Å². The average Bonchev–Trinajstić information content (AvgIpc) is 2.37. The van der Waals surface area contributed by atoms with Crippen LogP contribution in [0.3, 0.4) is 0 Å². The fraction of sp³-hybridized carbons (Fsp3) is 0.231. The van der Waals surface area contributed by atoms with Gasteiger partial charge in [-0.15, -0.1) is 0 Å². The second kappa shape index (κ2) is 7.24. The first-order chi connectivity index (χ1) is 8.59. The number of rotatable bonds is 2. The molecule has 0 atom stereocenters. The van der Waals surface area contributed by atoms with Gasteiger partial charge in [0, 0.05) is 18.7 Å². The maximum atomic E-state index is 9.55. The lowest BCUT2D eigenvalue weighted by Gasteiger charge is -2.15. The van der Waals surface area contributed by atoms with Crippen molar-refractivity contribution in [2.75, 3.05) is 6.54 Å². The molecule has 1 aliphatic rings. The maximum Gasteiger partial charge on any atom is 0.328 e. The normalized spacial score (nSPS) is 13.3. The maximum absolute atomic E-state index is 9.55. The predicted molar refractivity (Wildman–Crippen MR) is 66.3 cm³/mol. The summed E-state index contributed by atoms with van der Waals surface area (Å²) in [7, 11) is 0. The summed E-state index contributed by atoms with van der Waals surface area (Å²) in [4.78, 5) is 19.1. The minimum Gasteiger partial charge on any atom is -0.478 e. The van der Waals surface area contributed by atoms with E-state index in [9.17, 15) is 9.59 Å². The Morgan fingerprint density at radius 3 is 2.11 bits per heavy atom. The topological polar surface area (TPSA) is 86.6 Å². The summed E-state index contributed by atoms with van der Waals surface area (Å²) >= 11 is 0. The second-order valence-corrected chi connectivity index (χ2v) is 3.71. The molecular formula is C13H15NO4. The Bertz CT molecular complexity index is 413. The molecule has 0 aromatic heterocycles. The van der Waals surface area contributed by atoms with Gasteiger partial charge in [0.1, 0.15) is 0 Å². The number of fused-ring (bicyclic) bond motifs is 1. The standard InChI is InChI=1S/C9H11N.C4H4O4/c1-2-4-9-7-10-6-5-8(9)3-1;5-3(6)1-2-4(7)8/h1-4,10H,5-7H2;1-2H,(H,5,6)(H,7,8)/b;2-1-. The highest BCUT2D eigenvalue weighted by Gasteiger charge is 2.05. The zero-order valence-electron chi connectivity index (χ0n) is 9.80. The number of carboxylic acid groups (broad SMARTS) is 2. The summed E-state index contributed by atoms with van der Waals surface area (Å²) in [6.07, 6.45) is 2.31. The molecule has 96 valence electrons. The minimum absolute atomic E-state index is 0.558. The number of carboxylic acids is 2. The Morgan fingerprint density at radius 2 is 1.61 bits per heavy atom. The molecule has 0 aliphatic carbocycles. The second-order valence-electron chi connectivity index (χ2n) is 3.71. The Balaban J connectivity index is 0.000000187. The number of aliphatic carboxylic acids is 2. The lowest BCUT2D eigenvalue weighted by molar-refractivity contribution is -0.134. The van der Waals surface area contributed by atoms with E-state index in [0.29, 0.717) is 12.2 Å². The van der Waals surface area contributed by atoms with Gasteiger partial charge in [-0.3, -0.25) is 0 Å². The third kappa shape index (κ3) is 5.27. The number of carbonyl (C=O) groups is 2. The summed E-state index contributed by atoms with van der Waals surface area (Å²) in [5.41, 5.74) is 2.98. The Kier molecular flexibility index (Phi) is 5.60. The molecular weight excluding hydrogens is 234 g/mol. The van der Waals surface area contributed by atoms with Crippen LogP contribution in [0.25, 0.3) is 0 Å². The van der Waals surface area contributed by atoms with Gasteiger partial charge in [-0.25, -0.2) is 9.59 Å². The van der Waals surface area contributed by atoms with Crippen LogP contribution in [0.5, 0.6) is 0 Å². The summed E-state index contributed by atoms with van der Waals surface area (Å²) in [5.74, 6) is -2.51. The number of hydrogen-bond acceptors (Lipinski definition) is 3. The zero-order chi connectivity index (χ0) is 13.4. The fourth-order valence-corrected chi connectivity index (χ4v) is 1.56. The molecule has 0 bridgehead atoms. The molecule has 0 saturated heterocycles. The average molecular weight is 249 g/mol. The van der Waals surface area contributed by atoms with Gasteiger partial charge in [0.05, 0.1) is 0 Å². The van der Waals surface area contributed by atoms with Crippen LogP contribution in [-0.2, 0) is 22.6 Å². The van der Waals surface area contributed by atoms with Gasteiger partial charge in [-0.05, 0) is 24.1 Å². The Labute approximate surface area is 105 Å². The smallest absolute Gasteiger partial charge is 0.328 e. The van der Waals surface area contributed by atoms with Crippen LogP contribution in [0.2, 0.25) is 0 Å². The van der Waals surface area contributed by atoms with Gasteiger partial charge in [-0.2, -0.15) is 0 Å². The molecule has 1 aromatic rings. The van der Waals surface area contributed by atoms with Crippen molar-refractivity contribution < 1.29 is 19.8 Å². The van der Waals surface area contributed by atoms with Crippen molar-refractivity contribution in [3.05, 3.63) is 47.5 Å². The van der Waals surface area contributed by atoms with E-state index in [-0.39, 0.29) is 0 Å². The van der Waals surface area contributed by atoms with Crippen molar-refractivity contribution in [3.63, 3.8) is 0 Å². The summed E-state index contributed by atoms with van der Waals surface area (Å²) in [6, 6.07) is 8.63. The molecule has 1 aliphatic heterocycles. The van der Waals surface area contributed by atoms with Crippen LogP contribution in [0, 0.1) is 0 Å². The van der Waals surface area contributed by atoms with Crippen LogP contribution >= 0.6 is 0 Å². The zero-order valence-corrected chi connectivity index (χ0v) is 9.80. The van der Waals surface area contributed by atoms with Crippen LogP contribution in [-0.4, -0.2) is 28.7 Å². The van der Waals surface area contributed by atoms with Gasteiger partial charge in [-0.1, -0.05) is 24.3 Å². The molecule has 0 radical (unpaired) electrons. The van der Waals surface area contributed by atoms with Gasteiger partial charge in [0.25, 0.3) is 0 Å². The molecule has 0 spiro atoms. The van der Waals surface area contributed by atoms with E-state index in [1.54, 1.807) is 0 Å². The monoisotopic (exact) mass is 249 g/mol. The Hall–Kier alpha value is -2.14. The van der Waals surface area contributed by atoms with E-state index >= 15 is 0 Å². The van der Waals surface area contributed by atoms with E-state index in [1.165, 1.54) is 17.5 Å². The highest BCUT2D eigenvalue weighted by Crippen LogP contribution is 2.11. The van der Waals surface area contributed by atoms with Gasteiger partial charge < -0.3 is 15.5 Å². The highest BCUT2D eigenvalue weighted by molar-refractivity contribution is 5.89. The largest absolute Gasteiger partial charge is 0.478 e. The summed E-state index contributed by atoms with van der Waals surface area (Å²) in [6.45, 7) is 2.19. The van der Waals surface area contributed by atoms with E-state index in [4.69, 9.17) is 10.2 Å². The SMILES string of the molecule is O=C(O)/C=C\C(=O)O.c1ccc2c(c1)CCNC2. The van der Waals surface area contributed by atoms with Crippen LogP contribution < -0.4 is 5.32 Å². The molecule has 0 saturated carbocycles.